The Morgan fingerprint density at radius 3 is 2.68 bits per heavy atom. The number of benzene rings is 2. The monoisotopic (exact) mass is 353 g/mol. The van der Waals surface area contributed by atoms with Crippen LogP contribution < -0.4 is 5.32 Å². The molecule has 0 atom stereocenters. The van der Waals surface area contributed by atoms with Gasteiger partial charge in [0.05, 0.1) is 0 Å². The number of anilines is 1. The van der Waals surface area contributed by atoms with Gasteiger partial charge in [0.15, 0.2) is 0 Å². The molecule has 0 aliphatic rings. The number of nitrogens with zero attached hydrogens (tertiary/aromatic N) is 2. The maximum atomic E-state index is 12.2. The second-order valence-corrected chi connectivity index (χ2v) is 7.58. The average molecular weight is 353 g/mol. The SMILES string of the molecule is Cc1cccc(C(=O)Nc2nnc(-c3cccc(SC(C)C)c3)o2)c1. The number of thioether (sulfide) groups is 1. The number of aryl methyl sites for hydroxylation is 1. The van der Waals surface area contributed by atoms with Gasteiger partial charge in [-0.05, 0) is 37.3 Å². The molecule has 5 nitrogen and oxygen atoms in total. The van der Waals surface area contributed by atoms with Gasteiger partial charge in [0.25, 0.3) is 5.91 Å². The van der Waals surface area contributed by atoms with E-state index in [0.29, 0.717) is 16.7 Å². The van der Waals surface area contributed by atoms with Crippen molar-refractivity contribution < 1.29 is 9.21 Å². The number of aromatic nitrogens is 2. The summed E-state index contributed by atoms with van der Waals surface area (Å²) in [5.74, 6) is 0.105. The normalized spacial score (nSPS) is 10.9. The van der Waals surface area contributed by atoms with Gasteiger partial charge < -0.3 is 4.42 Å². The molecule has 0 bridgehead atoms. The summed E-state index contributed by atoms with van der Waals surface area (Å²) in [6.07, 6.45) is 0. The third-order valence-electron chi connectivity index (χ3n) is 3.38. The number of nitrogens with one attached hydrogen (secondary N) is 1. The zero-order valence-electron chi connectivity index (χ0n) is 14.3. The van der Waals surface area contributed by atoms with Crippen LogP contribution in [-0.4, -0.2) is 21.4 Å². The minimum absolute atomic E-state index is 0.0865. The van der Waals surface area contributed by atoms with Crippen molar-refractivity contribution in [2.45, 2.75) is 30.9 Å². The van der Waals surface area contributed by atoms with Crippen LogP contribution in [0.2, 0.25) is 0 Å². The van der Waals surface area contributed by atoms with Crippen LogP contribution in [0.1, 0.15) is 29.8 Å². The molecule has 0 saturated heterocycles. The summed E-state index contributed by atoms with van der Waals surface area (Å²) in [5, 5.41) is 11.1. The quantitative estimate of drug-likeness (QED) is 0.667. The van der Waals surface area contributed by atoms with Crippen LogP contribution in [0.15, 0.2) is 57.8 Å². The standard InChI is InChI=1S/C19H19N3O2S/c1-12(2)25-16-9-5-8-15(11-16)18-21-22-19(24-18)20-17(23)14-7-4-6-13(3)10-14/h4-12H,1-3H3,(H,20,22,23). The van der Waals surface area contributed by atoms with Crippen LogP contribution in [0.3, 0.4) is 0 Å². The molecule has 0 radical (unpaired) electrons. The molecule has 6 heteroatoms. The summed E-state index contributed by atoms with van der Waals surface area (Å²) >= 11 is 1.76. The molecular weight excluding hydrogens is 334 g/mol. The van der Waals surface area contributed by atoms with E-state index in [2.05, 4.69) is 29.4 Å². The fourth-order valence-electron chi connectivity index (χ4n) is 2.32. The molecule has 1 amide bonds. The largest absolute Gasteiger partial charge is 0.403 e. The van der Waals surface area contributed by atoms with Crippen molar-refractivity contribution in [3.05, 3.63) is 59.7 Å². The predicted molar refractivity (Wildman–Crippen MR) is 99.9 cm³/mol. The third kappa shape index (κ3) is 4.48. The molecule has 0 spiro atoms. The van der Waals surface area contributed by atoms with Gasteiger partial charge in [0.1, 0.15) is 0 Å². The highest BCUT2D eigenvalue weighted by Gasteiger charge is 2.13. The maximum Gasteiger partial charge on any atom is 0.322 e. The molecule has 1 heterocycles. The predicted octanol–water partition coefficient (Wildman–Crippen LogP) is 4.80. The van der Waals surface area contributed by atoms with E-state index < -0.39 is 0 Å². The van der Waals surface area contributed by atoms with Gasteiger partial charge in [-0.2, -0.15) is 0 Å². The van der Waals surface area contributed by atoms with E-state index in [4.69, 9.17) is 4.42 Å². The van der Waals surface area contributed by atoms with Crippen LogP contribution in [0.25, 0.3) is 11.5 Å². The molecule has 0 saturated carbocycles. The average Bonchev–Trinajstić information content (AvgIpc) is 3.03. The molecular formula is C19H19N3O2S. The lowest BCUT2D eigenvalue weighted by Gasteiger charge is -2.05. The van der Waals surface area contributed by atoms with E-state index in [1.165, 1.54) is 0 Å². The highest BCUT2D eigenvalue weighted by Crippen LogP contribution is 2.28. The summed E-state index contributed by atoms with van der Waals surface area (Å²) in [5.41, 5.74) is 2.39. The van der Waals surface area contributed by atoms with Gasteiger partial charge in [0, 0.05) is 21.3 Å². The maximum absolute atomic E-state index is 12.2. The van der Waals surface area contributed by atoms with Crippen molar-refractivity contribution >= 4 is 23.7 Å². The smallest absolute Gasteiger partial charge is 0.322 e. The molecule has 0 aliphatic heterocycles. The van der Waals surface area contributed by atoms with Crippen molar-refractivity contribution in [1.29, 1.82) is 0 Å². The van der Waals surface area contributed by atoms with Crippen molar-refractivity contribution in [3.63, 3.8) is 0 Å². The second kappa shape index (κ2) is 7.53. The van der Waals surface area contributed by atoms with Crippen LogP contribution in [0.4, 0.5) is 6.01 Å². The van der Waals surface area contributed by atoms with Crippen LogP contribution in [0, 0.1) is 6.92 Å². The molecule has 1 aromatic heterocycles. The molecule has 3 rings (SSSR count). The van der Waals surface area contributed by atoms with Crippen molar-refractivity contribution in [1.82, 2.24) is 10.2 Å². The molecule has 1 N–H and O–H groups in total. The Hall–Kier alpha value is -2.60. The molecule has 2 aromatic carbocycles. The number of hydrogen-bond acceptors (Lipinski definition) is 5. The molecule has 0 fully saturated rings. The fraction of sp³-hybridized carbons (Fsp3) is 0.211. The highest BCUT2D eigenvalue weighted by atomic mass is 32.2. The fourth-order valence-corrected chi connectivity index (χ4v) is 3.22. The summed E-state index contributed by atoms with van der Waals surface area (Å²) < 4.78 is 5.59. The van der Waals surface area contributed by atoms with E-state index in [1.807, 2.05) is 43.3 Å². The van der Waals surface area contributed by atoms with Gasteiger partial charge in [-0.15, -0.1) is 16.9 Å². The Morgan fingerprint density at radius 1 is 1.12 bits per heavy atom. The Labute approximate surface area is 150 Å². The lowest BCUT2D eigenvalue weighted by atomic mass is 10.1. The van der Waals surface area contributed by atoms with Gasteiger partial charge in [-0.3, -0.25) is 10.1 Å². The first-order chi connectivity index (χ1) is 12.0. The Bertz CT molecular complexity index is 890. The minimum atomic E-state index is -0.275. The zero-order valence-corrected chi connectivity index (χ0v) is 15.1. The Balaban J connectivity index is 1.75. The van der Waals surface area contributed by atoms with E-state index in [9.17, 15) is 4.79 Å². The number of amides is 1. The Morgan fingerprint density at radius 2 is 1.92 bits per heavy atom. The third-order valence-corrected chi connectivity index (χ3v) is 4.38. The zero-order chi connectivity index (χ0) is 17.8. The molecule has 0 aliphatic carbocycles. The first-order valence-electron chi connectivity index (χ1n) is 8.00. The topological polar surface area (TPSA) is 68.0 Å². The van der Waals surface area contributed by atoms with Gasteiger partial charge in [0.2, 0.25) is 5.89 Å². The lowest BCUT2D eigenvalue weighted by molar-refractivity contribution is 0.102. The number of carbonyl (C=O) groups is 1. The lowest BCUT2D eigenvalue weighted by Crippen LogP contribution is -2.12. The van der Waals surface area contributed by atoms with Crippen LogP contribution in [-0.2, 0) is 0 Å². The first kappa shape index (κ1) is 17.2. The van der Waals surface area contributed by atoms with Crippen molar-refractivity contribution in [2.75, 3.05) is 5.32 Å². The number of hydrogen-bond donors (Lipinski definition) is 1. The van der Waals surface area contributed by atoms with Crippen LogP contribution in [0.5, 0.6) is 0 Å². The minimum Gasteiger partial charge on any atom is -0.403 e. The van der Waals surface area contributed by atoms with Gasteiger partial charge in [-0.1, -0.05) is 42.7 Å². The molecule has 25 heavy (non-hydrogen) atoms. The van der Waals surface area contributed by atoms with Gasteiger partial charge >= 0.3 is 6.01 Å². The van der Waals surface area contributed by atoms with Gasteiger partial charge in [-0.25, -0.2) is 0 Å². The van der Waals surface area contributed by atoms with Crippen molar-refractivity contribution in [2.24, 2.45) is 0 Å². The number of rotatable bonds is 5. The van der Waals surface area contributed by atoms with E-state index in [0.717, 1.165) is 16.0 Å². The summed E-state index contributed by atoms with van der Waals surface area (Å²) in [7, 11) is 0. The van der Waals surface area contributed by atoms with E-state index in [-0.39, 0.29) is 11.9 Å². The summed E-state index contributed by atoms with van der Waals surface area (Å²) in [6, 6.07) is 15.3. The van der Waals surface area contributed by atoms with E-state index >= 15 is 0 Å². The highest BCUT2D eigenvalue weighted by molar-refractivity contribution is 7.99. The second-order valence-electron chi connectivity index (χ2n) is 5.93. The van der Waals surface area contributed by atoms with Crippen molar-refractivity contribution in [3.8, 4) is 11.5 Å². The first-order valence-corrected chi connectivity index (χ1v) is 8.88. The van der Waals surface area contributed by atoms with Crippen LogP contribution >= 0.6 is 11.8 Å². The summed E-state index contributed by atoms with van der Waals surface area (Å²) in [6.45, 7) is 6.22. The number of carbonyl (C=O) groups excluding carboxylic acids is 1. The summed E-state index contributed by atoms with van der Waals surface area (Å²) in [4.78, 5) is 13.4. The molecule has 128 valence electrons. The Kier molecular flexibility index (Phi) is 5.19. The molecule has 3 aromatic rings. The van der Waals surface area contributed by atoms with E-state index in [1.54, 1.807) is 23.9 Å². The molecule has 0 unspecified atom stereocenters.